The summed E-state index contributed by atoms with van der Waals surface area (Å²) in [6, 6.07) is 6.58. The number of ether oxygens (including phenoxy) is 2. The fourth-order valence-corrected chi connectivity index (χ4v) is 7.50. The van der Waals surface area contributed by atoms with Gasteiger partial charge in [-0.3, -0.25) is 14.5 Å². The van der Waals surface area contributed by atoms with Gasteiger partial charge in [-0.05, 0) is 68.3 Å². The van der Waals surface area contributed by atoms with Gasteiger partial charge in [0.25, 0.3) is 0 Å². The Balaban J connectivity index is 1.78. The van der Waals surface area contributed by atoms with Gasteiger partial charge in [0.05, 0.1) is 13.7 Å². The monoisotopic (exact) mass is 455 g/mol. The molecule has 3 fully saturated rings. The van der Waals surface area contributed by atoms with Crippen molar-refractivity contribution in [3.8, 4) is 5.75 Å². The summed E-state index contributed by atoms with van der Waals surface area (Å²) in [6.07, 6.45) is 6.87. The highest BCUT2D eigenvalue weighted by Crippen LogP contribution is 2.68. The third-order valence-corrected chi connectivity index (χ3v) is 9.52. The van der Waals surface area contributed by atoms with Crippen LogP contribution in [0.1, 0.15) is 83.8 Å². The molecule has 5 rings (SSSR count). The number of unbranched alkanes of at least 4 members (excludes halogenated alkanes) is 3. The van der Waals surface area contributed by atoms with E-state index in [0.717, 1.165) is 44.3 Å². The molecule has 5 unspecified atom stereocenters. The van der Waals surface area contributed by atoms with Crippen LogP contribution in [0, 0.1) is 10.8 Å². The van der Waals surface area contributed by atoms with Gasteiger partial charge < -0.3 is 9.47 Å². The van der Waals surface area contributed by atoms with Gasteiger partial charge in [-0.1, -0.05) is 46.1 Å². The Morgan fingerprint density at radius 2 is 1.88 bits per heavy atom. The third kappa shape index (κ3) is 3.37. The average Bonchev–Trinajstić information content (AvgIpc) is 2.79. The van der Waals surface area contributed by atoms with Crippen LogP contribution in [0.4, 0.5) is 0 Å². The maximum atomic E-state index is 13.9. The van der Waals surface area contributed by atoms with E-state index in [-0.39, 0.29) is 34.7 Å². The summed E-state index contributed by atoms with van der Waals surface area (Å²) in [5, 5.41) is 0. The van der Waals surface area contributed by atoms with Gasteiger partial charge >= 0.3 is 5.97 Å². The topological polar surface area (TPSA) is 55.8 Å². The first-order valence-electron chi connectivity index (χ1n) is 12.8. The highest BCUT2D eigenvalue weighted by atomic mass is 16.5. The average molecular weight is 456 g/mol. The Kier molecular flexibility index (Phi) is 6.41. The van der Waals surface area contributed by atoms with E-state index >= 15 is 0 Å². The number of esters is 1. The predicted molar refractivity (Wildman–Crippen MR) is 130 cm³/mol. The number of likely N-dealkylation sites (N-methyl/N-ethyl adjacent to an activating group) is 1. The molecule has 5 heteroatoms. The maximum Gasteiger partial charge on any atom is 0.321 e. The first-order chi connectivity index (χ1) is 15.7. The minimum Gasteiger partial charge on any atom is -0.497 e. The van der Waals surface area contributed by atoms with Crippen LogP contribution in [0.25, 0.3) is 0 Å². The highest BCUT2D eigenvalue weighted by molar-refractivity contribution is 6.05. The zero-order valence-electron chi connectivity index (χ0n) is 21.3. The zero-order chi connectivity index (χ0) is 24.0. The molecule has 5 nitrogen and oxygen atoms in total. The summed E-state index contributed by atoms with van der Waals surface area (Å²) in [7, 11) is 3.83. The van der Waals surface area contributed by atoms with E-state index in [1.165, 1.54) is 11.1 Å². The number of hydrogen-bond acceptors (Lipinski definition) is 5. The van der Waals surface area contributed by atoms with Gasteiger partial charge in [-0.25, -0.2) is 0 Å². The molecule has 4 aliphatic rings. The molecule has 0 aromatic heterocycles. The van der Waals surface area contributed by atoms with Crippen molar-refractivity contribution < 1.29 is 19.1 Å². The molecule has 0 radical (unpaired) electrons. The van der Waals surface area contributed by atoms with E-state index < -0.39 is 5.41 Å². The van der Waals surface area contributed by atoms with Crippen LogP contribution in [-0.4, -0.2) is 49.5 Å². The van der Waals surface area contributed by atoms with Crippen molar-refractivity contribution in [3.63, 3.8) is 0 Å². The fourth-order valence-electron chi connectivity index (χ4n) is 7.50. The third-order valence-electron chi connectivity index (χ3n) is 9.52. The van der Waals surface area contributed by atoms with E-state index in [4.69, 9.17) is 9.47 Å². The second-order valence-corrected chi connectivity index (χ2v) is 11.0. The quantitative estimate of drug-likeness (QED) is 0.295. The molecule has 182 valence electrons. The Morgan fingerprint density at radius 3 is 2.55 bits per heavy atom. The van der Waals surface area contributed by atoms with Crippen LogP contribution < -0.4 is 4.74 Å². The van der Waals surface area contributed by atoms with Crippen LogP contribution in [0.15, 0.2) is 18.2 Å². The van der Waals surface area contributed by atoms with Crippen molar-refractivity contribution in [1.82, 2.24) is 4.90 Å². The molecule has 5 atom stereocenters. The Hall–Kier alpha value is -1.88. The Bertz CT molecular complexity index is 928. The summed E-state index contributed by atoms with van der Waals surface area (Å²) in [5.41, 5.74) is 1.27. The summed E-state index contributed by atoms with van der Waals surface area (Å²) < 4.78 is 11.2. The van der Waals surface area contributed by atoms with Crippen molar-refractivity contribution in [2.45, 2.75) is 96.6 Å². The molecule has 2 saturated heterocycles. The highest BCUT2D eigenvalue weighted by Gasteiger charge is 2.73. The van der Waals surface area contributed by atoms with Crippen LogP contribution in [0.5, 0.6) is 5.75 Å². The smallest absolute Gasteiger partial charge is 0.321 e. The molecule has 2 heterocycles. The molecule has 1 aromatic carbocycles. The lowest BCUT2D eigenvalue weighted by molar-refractivity contribution is -0.208. The number of fused-ring (bicyclic) bond motifs is 2. The minimum absolute atomic E-state index is 0.0899. The molecule has 0 N–H and O–H groups in total. The van der Waals surface area contributed by atoms with Crippen LogP contribution >= 0.6 is 0 Å². The number of carbonyl (C=O) groups is 2. The normalized spacial score (nSPS) is 34.6. The van der Waals surface area contributed by atoms with E-state index in [2.05, 4.69) is 44.9 Å². The van der Waals surface area contributed by atoms with Gasteiger partial charge in [-0.15, -0.1) is 0 Å². The number of hydrogen-bond donors (Lipinski definition) is 0. The summed E-state index contributed by atoms with van der Waals surface area (Å²) in [6.45, 7) is 8.96. The van der Waals surface area contributed by atoms with Crippen molar-refractivity contribution in [2.24, 2.45) is 10.8 Å². The second-order valence-electron chi connectivity index (χ2n) is 11.0. The molecule has 33 heavy (non-hydrogen) atoms. The summed E-state index contributed by atoms with van der Waals surface area (Å²) in [5.74, 6) is 0.656. The van der Waals surface area contributed by atoms with E-state index in [9.17, 15) is 9.59 Å². The van der Waals surface area contributed by atoms with Gasteiger partial charge in [0.1, 0.15) is 11.2 Å². The van der Waals surface area contributed by atoms with Crippen LogP contribution in [-0.2, 0) is 26.2 Å². The van der Waals surface area contributed by atoms with Crippen molar-refractivity contribution >= 4 is 11.8 Å². The number of methoxy groups -OCH3 is 1. The molecule has 1 aromatic rings. The number of carbonyl (C=O) groups excluding carboxylic acids is 2. The van der Waals surface area contributed by atoms with Crippen LogP contribution in [0.3, 0.4) is 0 Å². The molecule has 0 spiro atoms. The van der Waals surface area contributed by atoms with E-state index in [1.807, 2.05) is 13.0 Å². The molecular weight excluding hydrogens is 414 g/mol. The maximum absolute atomic E-state index is 13.9. The SMILES string of the molecule is CCCCCCC(=O)C1(C(=O)OCC)CC2(C)C3Cc4ccc(OC)cc4C2(C)CC1N3C. The number of rotatable bonds is 9. The largest absolute Gasteiger partial charge is 0.497 e. The summed E-state index contributed by atoms with van der Waals surface area (Å²) >= 11 is 0. The number of nitrogens with zero attached hydrogens (tertiary/aromatic N) is 1. The Morgan fingerprint density at radius 1 is 1.12 bits per heavy atom. The van der Waals surface area contributed by atoms with Gasteiger partial charge in [0.2, 0.25) is 0 Å². The first-order valence-corrected chi connectivity index (χ1v) is 12.8. The van der Waals surface area contributed by atoms with Crippen LogP contribution in [0.2, 0.25) is 0 Å². The standard InChI is InChI=1S/C28H41NO4/c1-7-9-10-11-12-24(30)28(25(31)33-8-2)18-27(4)22-15-19-13-14-20(32-6)16-21(19)26(27,3)17-23(28)29(22)5/h13-14,16,22-23H,7-12,15,17-18H2,1-6H3. The molecule has 4 bridgehead atoms. The van der Waals surface area contributed by atoms with E-state index in [1.54, 1.807) is 7.11 Å². The Labute approximate surface area is 199 Å². The minimum atomic E-state index is -1.07. The fraction of sp³-hybridized carbons (Fsp3) is 0.714. The molecule has 2 aliphatic carbocycles. The van der Waals surface area contributed by atoms with Crippen molar-refractivity contribution in [1.29, 1.82) is 0 Å². The number of benzene rings is 1. The van der Waals surface area contributed by atoms with Gasteiger partial charge in [-0.2, -0.15) is 0 Å². The summed E-state index contributed by atoms with van der Waals surface area (Å²) in [4.78, 5) is 29.9. The first kappa shape index (κ1) is 24.3. The number of piperidine rings is 2. The second kappa shape index (κ2) is 8.72. The van der Waals surface area contributed by atoms with Crippen molar-refractivity contribution in [3.05, 3.63) is 29.3 Å². The van der Waals surface area contributed by atoms with Crippen molar-refractivity contribution in [2.75, 3.05) is 20.8 Å². The van der Waals surface area contributed by atoms with E-state index in [0.29, 0.717) is 19.4 Å². The molecule has 2 aliphatic heterocycles. The predicted octanol–water partition coefficient (Wildman–Crippen LogP) is 5.08. The molecular formula is C28H41NO4. The number of Topliss-reactive ketones (excluding diaryl/α,β-unsaturated/α-hetero) is 1. The lowest BCUT2D eigenvalue weighted by atomic mass is 9.39. The van der Waals surface area contributed by atoms with Gasteiger partial charge in [0.15, 0.2) is 5.78 Å². The molecule has 0 amide bonds. The lowest BCUT2D eigenvalue weighted by Gasteiger charge is -2.71. The van der Waals surface area contributed by atoms with Gasteiger partial charge in [0, 0.05) is 23.9 Å². The number of ketones is 1. The zero-order valence-corrected chi connectivity index (χ0v) is 21.3. The lowest BCUT2D eigenvalue weighted by Crippen LogP contribution is -2.78. The molecule has 1 saturated carbocycles.